The van der Waals surface area contributed by atoms with E-state index >= 15 is 0 Å². The summed E-state index contributed by atoms with van der Waals surface area (Å²) in [4.78, 5) is 12.2. The first-order valence-corrected chi connectivity index (χ1v) is 13.3. The van der Waals surface area contributed by atoms with Crippen molar-refractivity contribution < 1.29 is 24.9 Å². The molecule has 3 saturated carbocycles. The number of hydrogen-bond donors (Lipinski definition) is 3. The molecule has 1 unspecified atom stereocenters. The summed E-state index contributed by atoms with van der Waals surface area (Å²) in [6.45, 7) is 14.1. The first-order valence-electron chi connectivity index (χ1n) is 12.3. The van der Waals surface area contributed by atoms with Gasteiger partial charge < -0.3 is 20.1 Å². The van der Waals surface area contributed by atoms with Crippen molar-refractivity contribution in [3.63, 3.8) is 0 Å². The van der Waals surface area contributed by atoms with Gasteiger partial charge in [0, 0.05) is 17.6 Å². The first-order chi connectivity index (χ1) is 15.3. The molecule has 0 amide bonds. The molecule has 3 aliphatic rings. The van der Waals surface area contributed by atoms with E-state index in [-0.39, 0.29) is 22.6 Å². The maximum absolute atomic E-state index is 12.2. The van der Waals surface area contributed by atoms with Crippen LogP contribution in [0.25, 0.3) is 0 Å². The lowest BCUT2D eigenvalue weighted by Gasteiger charge is -2.44. The van der Waals surface area contributed by atoms with Crippen molar-refractivity contribution in [1.82, 2.24) is 0 Å². The number of aliphatic hydroxyl groups excluding tert-OH is 3. The van der Waals surface area contributed by atoms with Crippen molar-refractivity contribution in [2.24, 2.45) is 17.3 Å². The van der Waals surface area contributed by atoms with E-state index in [2.05, 4.69) is 26.5 Å². The van der Waals surface area contributed by atoms with Crippen molar-refractivity contribution in [3.8, 4) is 0 Å². The Morgan fingerprint density at radius 2 is 1.97 bits per heavy atom. The van der Waals surface area contributed by atoms with Gasteiger partial charge in [0.25, 0.3) is 0 Å². The highest BCUT2D eigenvalue weighted by molar-refractivity contribution is 8.00. The highest BCUT2D eigenvalue weighted by Crippen LogP contribution is 2.59. The van der Waals surface area contributed by atoms with Crippen molar-refractivity contribution >= 4 is 17.7 Å². The number of carbonyl (C=O) groups is 1. The van der Waals surface area contributed by atoms with Crippen LogP contribution in [0.15, 0.2) is 35.5 Å². The zero-order valence-electron chi connectivity index (χ0n) is 20.8. The number of fused-ring (bicyclic) bond motifs is 1. The molecular weight excluding hydrogens is 436 g/mol. The molecule has 0 aliphatic heterocycles. The average molecular weight is 479 g/mol. The van der Waals surface area contributed by atoms with Crippen molar-refractivity contribution in [1.29, 1.82) is 0 Å². The molecule has 0 aromatic rings. The molecule has 3 fully saturated rings. The molecule has 3 N–H and O–H groups in total. The summed E-state index contributed by atoms with van der Waals surface area (Å²) in [5, 5.41) is 31.4. The van der Waals surface area contributed by atoms with Gasteiger partial charge in [0.15, 0.2) is 0 Å². The fraction of sp³-hybridized carbons (Fsp3) is 0.741. The van der Waals surface area contributed by atoms with Crippen LogP contribution >= 0.6 is 11.8 Å². The van der Waals surface area contributed by atoms with Crippen LogP contribution in [0.1, 0.15) is 73.1 Å². The second kappa shape index (κ2) is 10.3. The Kier molecular flexibility index (Phi) is 8.25. The van der Waals surface area contributed by atoms with Gasteiger partial charge in [0.05, 0.1) is 24.1 Å². The number of allylic oxidation sites excluding steroid dienone is 3. The van der Waals surface area contributed by atoms with Gasteiger partial charge in [-0.25, -0.2) is 0 Å². The minimum Gasteiger partial charge on any atom is -0.459 e. The van der Waals surface area contributed by atoms with E-state index in [1.54, 1.807) is 11.8 Å². The van der Waals surface area contributed by atoms with Gasteiger partial charge >= 0.3 is 5.97 Å². The first kappa shape index (κ1) is 26.5. The Morgan fingerprint density at radius 3 is 2.64 bits per heavy atom. The molecule has 33 heavy (non-hydrogen) atoms. The smallest absolute Gasteiger partial charge is 0.316 e. The van der Waals surface area contributed by atoms with Crippen LogP contribution in [-0.4, -0.2) is 56.2 Å². The van der Waals surface area contributed by atoms with Crippen molar-refractivity contribution in [2.75, 3.05) is 5.75 Å². The second-order valence-corrected chi connectivity index (χ2v) is 12.8. The third kappa shape index (κ3) is 6.14. The topological polar surface area (TPSA) is 87.0 Å². The largest absolute Gasteiger partial charge is 0.459 e. The molecule has 186 valence electrons. The lowest BCUT2D eigenvalue weighted by Crippen LogP contribution is -2.40. The number of thioether (sulfide) groups is 1. The molecule has 6 heteroatoms. The highest BCUT2D eigenvalue weighted by Gasteiger charge is 2.55. The molecule has 0 radical (unpaired) electrons. The summed E-state index contributed by atoms with van der Waals surface area (Å²) in [5.41, 5.74) is 2.44. The number of carbonyl (C=O) groups excluding carboxylic acids is 1. The van der Waals surface area contributed by atoms with Crippen LogP contribution in [0.2, 0.25) is 0 Å². The number of rotatable bonds is 5. The molecule has 0 aromatic heterocycles. The normalized spacial score (nSPS) is 38.4. The minimum absolute atomic E-state index is 0.0229. The minimum atomic E-state index is -0.685. The summed E-state index contributed by atoms with van der Waals surface area (Å²) < 4.78 is 5.46. The molecule has 0 heterocycles. The lowest BCUT2D eigenvalue weighted by atomic mass is 9.63. The Labute approximate surface area is 203 Å². The Morgan fingerprint density at radius 1 is 1.27 bits per heavy atom. The van der Waals surface area contributed by atoms with Crippen molar-refractivity contribution in [2.45, 2.75) is 102 Å². The van der Waals surface area contributed by atoms with E-state index in [0.717, 1.165) is 31.3 Å². The van der Waals surface area contributed by atoms with Gasteiger partial charge in [0.2, 0.25) is 0 Å². The van der Waals surface area contributed by atoms with Crippen LogP contribution in [-0.2, 0) is 9.53 Å². The second-order valence-electron chi connectivity index (χ2n) is 11.4. The van der Waals surface area contributed by atoms with Crippen LogP contribution in [0.5, 0.6) is 0 Å². The SMILES string of the molecule is C=C1/C(=C\C=C2/CCC[C@@]3(C)[C@H]2C[C@H](O)[C@@H]3C(C)SCC(=O)OC(C)(C)C)C[C@@H](O)C[C@@H]1O. The predicted octanol–water partition coefficient (Wildman–Crippen LogP) is 4.56. The predicted molar refractivity (Wildman–Crippen MR) is 134 cm³/mol. The maximum Gasteiger partial charge on any atom is 0.316 e. The van der Waals surface area contributed by atoms with Gasteiger partial charge in [-0.1, -0.05) is 38.2 Å². The van der Waals surface area contributed by atoms with Crippen molar-refractivity contribution in [3.05, 3.63) is 35.5 Å². The summed E-state index contributed by atoms with van der Waals surface area (Å²) >= 11 is 1.59. The monoisotopic (exact) mass is 478 g/mol. The van der Waals surface area contributed by atoms with E-state index < -0.39 is 23.9 Å². The summed E-state index contributed by atoms with van der Waals surface area (Å²) in [6, 6.07) is 0. The quantitative estimate of drug-likeness (QED) is 0.502. The summed E-state index contributed by atoms with van der Waals surface area (Å²) in [5.74, 6) is 0.490. The zero-order valence-corrected chi connectivity index (χ0v) is 21.7. The van der Waals surface area contributed by atoms with Crippen LogP contribution in [0.4, 0.5) is 0 Å². The maximum atomic E-state index is 12.2. The van der Waals surface area contributed by atoms with Crippen LogP contribution in [0, 0.1) is 17.3 Å². The van der Waals surface area contributed by atoms with Crippen LogP contribution < -0.4 is 0 Å². The number of esters is 1. The number of aliphatic hydroxyl groups is 3. The zero-order chi connectivity index (χ0) is 24.6. The molecule has 0 spiro atoms. The molecule has 7 atom stereocenters. The summed E-state index contributed by atoms with van der Waals surface area (Å²) in [6.07, 6.45) is 7.30. The van der Waals surface area contributed by atoms with E-state index in [4.69, 9.17) is 4.74 Å². The Balaban J connectivity index is 1.73. The highest BCUT2D eigenvalue weighted by atomic mass is 32.2. The standard InChI is InChI=1S/C27H42O5S/c1-16-19(12-20(28)13-22(16)29)10-9-18-8-7-11-27(6)21(18)14-23(30)25(27)17(2)33-15-24(31)32-26(3,4)5/h9-10,17,20-23,25,28-30H,1,7-8,11-15H2,2-6H3/b18-9+,19-10-/t17?,20-,21+,22+,23+,25+,27+/m1/s1. The van der Waals surface area contributed by atoms with E-state index in [1.165, 1.54) is 5.57 Å². The molecule has 5 nitrogen and oxygen atoms in total. The molecule has 0 aromatic carbocycles. The third-order valence-corrected chi connectivity index (χ3v) is 8.95. The molecular formula is C27H42O5S. The Bertz CT molecular complexity index is 810. The Hall–Kier alpha value is -1.08. The molecule has 0 bridgehead atoms. The molecule has 0 saturated heterocycles. The van der Waals surface area contributed by atoms with E-state index in [0.29, 0.717) is 30.1 Å². The fourth-order valence-corrected chi connectivity index (χ4v) is 7.44. The van der Waals surface area contributed by atoms with Gasteiger partial charge in [-0.15, -0.1) is 11.8 Å². The van der Waals surface area contributed by atoms with E-state index in [9.17, 15) is 20.1 Å². The summed E-state index contributed by atoms with van der Waals surface area (Å²) in [7, 11) is 0. The van der Waals surface area contributed by atoms with Gasteiger partial charge in [-0.05, 0) is 75.4 Å². The van der Waals surface area contributed by atoms with E-state index in [1.807, 2.05) is 26.8 Å². The molecule has 3 aliphatic carbocycles. The molecule has 3 rings (SSSR count). The average Bonchev–Trinajstić information content (AvgIpc) is 2.97. The van der Waals surface area contributed by atoms with Crippen LogP contribution in [0.3, 0.4) is 0 Å². The third-order valence-electron chi connectivity index (χ3n) is 7.73. The fourth-order valence-electron chi connectivity index (χ4n) is 6.28. The number of ether oxygens (including phenoxy) is 1. The van der Waals surface area contributed by atoms with Gasteiger partial charge in [0.1, 0.15) is 5.60 Å². The number of hydrogen-bond acceptors (Lipinski definition) is 6. The van der Waals surface area contributed by atoms with Gasteiger partial charge in [-0.2, -0.15) is 0 Å². The lowest BCUT2D eigenvalue weighted by molar-refractivity contribution is -0.151. The van der Waals surface area contributed by atoms with Gasteiger partial charge in [-0.3, -0.25) is 4.79 Å².